The van der Waals surface area contributed by atoms with Gasteiger partial charge in [-0.05, 0) is 373 Å². The van der Waals surface area contributed by atoms with Crippen LogP contribution in [0.2, 0.25) is 0 Å². The molecular weight excluding hydrogens is 1630 g/mol. The zero-order valence-electron chi connectivity index (χ0n) is 94.8. The summed E-state index contributed by atoms with van der Waals surface area (Å²) in [5.41, 5.74) is 1.47. The molecule has 0 N–H and O–H groups in total. The van der Waals surface area contributed by atoms with Gasteiger partial charge in [0, 0.05) is 154 Å². The number of methoxy groups -OCH3 is 3. The first-order valence-corrected chi connectivity index (χ1v) is 52.2. The Labute approximate surface area is 828 Å². The van der Waals surface area contributed by atoms with Gasteiger partial charge in [-0.15, -0.1) is 0 Å². The molecule has 758 valence electrons. The van der Waals surface area contributed by atoms with Crippen molar-refractivity contribution in [3.8, 4) is 118 Å². The third kappa shape index (κ3) is 75.7. The van der Waals surface area contributed by atoms with Gasteiger partial charge >= 0.3 is 0 Å². The van der Waals surface area contributed by atoms with Crippen LogP contribution in [0.1, 0.15) is 327 Å². The summed E-state index contributed by atoms with van der Waals surface area (Å²) in [5, 5.41) is 0. The van der Waals surface area contributed by atoms with Crippen molar-refractivity contribution >= 4 is 0 Å². The van der Waals surface area contributed by atoms with Gasteiger partial charge in [-0.3, -0.25) is 49.0 Å². The van der Waals surface area contributed by atoms with Gasteiger partial charge in [-0.2, -0.15) is 0 Å². The molecule has 10 saturated heterocycles. The molecule has 0 amide bonds. The Morgan fingerprint density at radius 3 is 0.474 bits per heavy atom. The topological polar surface area (TPSA) is 60.1 Å². The van der Waals surface area contributed by atoms with Crippen LogP contribution in [0.4, 0.5) is 0 Å². The Morgan fingerprint density at radius 2 is 0.353 bits per heavy atom. The molecule has 10 fully saturated rings. The summed E-state index contributed by atoms with van der Waals surface area (Å²) in [5.74, 6) is 70.5. The average molecular weight is 1840 g/mol. The maximum absolute atomic E-state index is 5.30. The van der Waals surface area contributed by atoms with Gasteiger partial charge in [0.25, 0.3) is 0 Å². The zero-order chi connectivity index (χ0) is 101. The lowest BCUT2D eigenvalue weighted by molar-refractivity contribution is 0.109. The highest BCUT2D eigenvalue weighted by Gasteiger charge is 2.27. The number of hydrogen-bond acceptors (Lipinski definition) is 13. The predicted molar refractivity (Wildman–Crippen MR) is 579 cm³/mol. The summed E-state index contributed by atoms with van der Waals surface area (Å²) in [4.78, 5) is 24.2. The SMILES string of the molecule is CC1CCN(CC#CC(C)(C)C)C1.CC1CCN(CC#CC(C)(C)C)C1.COC1CCN(CC#CC(C)(C)C)C1.CO[C@@H]1CCN(CC#CC(C)(C)C)C1.CO[C@H]1CCN(CC#CC(C)(C)C)C1.C[C@@H]1CCN(CC#CC(C)(C)C)C1.C[C@@H]1CCN(CC#CC(C)(C)C)C1.C[C@H](C#CC(C)(C)C)N1CCCC1.C[C@H]1CCN(CC#CC(C)(C)C)C1.C[C@H]1CCN(CC#CC(C)(C)C)C1. The van der Waals surface area contributed by atoms with Crippen molar-refractivity contribution < 1.29 is 14.2 Å². The lowest BCUT2D eigenvalue weighted by Crippen LogP contribution is -2.28. The van der Waals surface area contributed by atoms with E-state index in [-0.39, 0.29) is 54.1 Å². The van der Waals surface area contributed by atoms with Crippen LogP contribution in [-0.4, -0.2) is 284 Å². The second-order valence-corrected chi connectivity index (χ2v) is 50.8. The van der Waals surface area contributed by atoms with Crippen LogP contribution in [0.3, 0.4) is 0 Å². The van der Waals surface area contributed by atoms with Gasteiger partial charge < -0.3 is 14.2 Å². The number of rotatable bonds is 13. The third-order valence-electron chi connectivity index (χ3n) is 23.0. The number of nitrogens with zero attached hydrogens (tertiary/aromatic N) is 10. The minimum atomic E-state index is 0.125. The normalized spacial score (nSPS) is 23.6. The van der Waals surface area contributed by atoms with Crippen molar-refractivity contribution in [2.45, 2.75) is 351 Å². The summed E-state index contributed by atoms with van der Waals surface area (Å²) >= 11 is 0. The second-order valence-electron chi connectivity index (χ2n) is 50.8. The average Bonchev–Trinajstić information content (AvgIpc) is 1.79. The summed E-state index contributed by atoms with van der Waals surface area (Å²) in [6, 6.07) is 0.446. The molecule has 133 heavy (non-hydrogen) atoms. The molecule has 3 unspecified atom stereocenters. The summed E-state index contributed by atoms with van der Waals surface area (Å²) in [6.07, 6.45) is 15.5. The minimum absolute atomic E-state index is 0.125. The monoisotopic (exact) mass is 1840 g/mol. The minimum Gasteiger partial charge on any atom is -0.380 e. The van der Waals surface area contributed by atoms with Gasteiger partial charge in [0.05, 0.1) is 83.3 Å². The highest BCUT2D eigenvalue weighted by Crippen LogP contribution is 2.24. The van der Waals surface area contributed by atoms with E-state index in [9.17, 15) is 0 Å². The molecule has 0 aromatic heterocycles. The molecule has 10 atom stereocenters. The van der Waals surface area contributed by atoms with Gasteiger partial charge in [0.15, 0.2) is 0 Å². The smallest absolute Gasteiger partial charge is 0.0710 e. The number of ether oxygens (including phenoxy) is 3. The molecule has 0 spiro atoms. The molecule has 0 bridgehead atoms. The predicted octanol–water partition coefficient (Wildman–Crippen LogP) is 22.1. The van der Waals surface area contributed by atoms with Crippen molar-refractivity contribution in [3.05, 3.63) is 0 Å². The van der Waals surface area contributed by atoms with E-state index in [4.69, 9.17) is 14.2 Å². The maximum atomic E-state index is 5.30. The van der Waals surface area contributed by atoms with Crippen molar-refractivity contribution in [1.29, 1.82) is 0 Å². The lowest BCUT2D eigenvalue weighted by Gasteiger charge is -2.19. The fraction of sp³-hybridized carbons (Fsp3) is 0.833. The van der Waals surface area contributed by atoms with Crippen molar-refractivity contribution in [3.63, 3.8) is 0 Å². The number of hydrogen-bond donors (Lipinski definition) is 0. The molecule has 0 saturated carbocycles. The Kier molecular flexibility index (Phi) is 60.4. The van der Waals surface area contributed by atoms with Crippen LogP contribution < -0.4 is 0 Å². The summed E-state index contributed by atoms with van der Waals surface area (Å²) in [6.45, 7) is 113. The largest absolute Gasteiger partial charge is 0.380 e. The third-order valence-corrected chi connectivity index (χ3v) is 23.0. The number of likely N-dealkylation sites (tertiary alicyclic amines) is 10. The molecule has 13 nitrogen and oxygen atoms in total. The summed E-state index contributed by atoms with van der Waals surface area (Å²) in [7, 11) is 5.36. The first kappa shape index (κ1) is 126. The van der Waals surface area contributed by atoms with E-state index in [1.807, 2.05) is 0 Å². The Hall–Kier alpha value is -4.92. The lowest BCUT2D eigenvalue weighted by atomic mass is 9.97. The molecule has 13 heteroatoms. The second kappa shape index (κ2) is 63.7. The van der Waals surface area contributed by atoms with Crippen LogP contribution in [0.15, 0.2) is 0 Å². The van der Waals surface area contributed by atoms with Gasteiger partial charge in [-0.1, -0.05) is 160 Å². The molecular formula is C120H210N10O3. The molecule has 10 aliphatic heterocycles. The van der Waals surface area contributed by atoms with Crippen LogP contribution in [0.5, 0.6) is 0 Å². The van der Waals surface area contributed by atoms with Gasteiger partial charge in [-0.25, -0.2) is 0 Å². The zero-order valence-corrected chi connectivity index (χ0v) is 94.8. The standard InChI is InChI=1S/3C12H21NO.7C12H21N/c3*1-12(2,3)7-5-8-13-9-6-11(10-13)14-4;6*1-11-6-9-13(10-11)8-5-7-12(2,3)4;1-11(7-8-12(2,3)4)13-9-5-6-10-13/h3*11H,6,8-10H2,1-4H3;6*11H,6,8-10H2,1-4H3;11H,5-6,9-10H2,1-4H3/t2*11-;;4*11-;;;11-/m10.1100..1/s1. The van der Waals surface area contributed by atoms with Crippen molar-refractivity contribution in [1.82, 2.24) is 49.0 Å². The van der Waals surface area contributed by atoms with E-state index in [2.05, 4.69) is 424 Å². The van der Waals surface area contributed by atoms with Crippen molar-refractivity contribution in [2.24, 2.45) is 89.7 Å². The Morgan fingerprint density at radius 1 is 0.211 bits per heavy atom. The van der Waals surface area contributed by atoms with E-state index in [0.29, 0.717) is 24.4 Å². The van der Waals surface area contributed by atoms with Crippen LogP contribution in [0.25, 0.3) is 0 Å². The van der Waals surface area contributed by atoms with Crippen LogP contribution in [0, 0.1) is 208 Å². The highest BCUT2D eigenvalue weighted by atomic mass is 16.5. The van der Waals surface area contributed by atoms with Gasteiger partial charge in [0.2, 0.25) is 0 Å². The fourth-order valence-corrected chi connectivity index (χ4v) is 15.7. The quantitative estimate of drug-likeness (QED) is 0.165. The van der Waals surface area contributed by atoms with E-state index >= 15 is 0 Å². The van der Waals surface area contributed by atoms with Crippen LogP contribution in [-0.2, 0) is 14.2 Å². The first-order chi connectivity index (χ1) is 61.4. The first-order valence-electron chi connectivity index (χ1n) is 52.2. The molecule has 10 rings (SSSR count). The molecule has 0 aromatic rings. The molecule has 10 aliphatic rings. The molecule has 0 aliphatic carbocycles. The molecule has 0 aromatic carbocycles. The van der Waals surface area contributed by atoms with E-state index < -0.39 is 0 Å². The van der Waals surface area contributed by atoms with E-state index in [1.54, 1.807) is 21.3 Å². The Bertz CT molecular complexity index is 3360. The maximum Gasteiger partial charge on any atom is 0.0710 e. The fourth-order valence-electron chi connectivity index (χ4n) is 15.7. The highest BCUT2D eigenvalue weighted by molar-refractivity contribution is 5.17. The van der Waals surface area contributed by atoms with Crippen molar-refractivity contribution in [2.75, 3.05) is 211 Å². The van der Waals surface area contributed by atoms with E-state index in [0.717, 1.165) is 153 Å². The Balaban J connectivity index is 0.000000739. The van der Waals surface area contributed by atoms with Gasteiger partial charge in [0.1, 0.15) is 0 Å². The van der Waals surface area contributed by atoms with Crippen LogP contribution >= 0.6 is 0 Å². The van der Waals surface area contributed by atoms with E-state index in [1.165, 1.54) is 143 Å². The summed E-state index contributed by atoms with van der Waals surface area (Å²) < 4.78 is 15.9. The molecule has 10 heterocycles. The molecule has 0 radical (unpaired) electrons.